The maximum atomic E-state index is 12.6. The Balaban J connectivity index is 4.27. The number of aliphatic carboxylic acids is 1. The van der Waals surface area contributed by atoms with Crippen LogP contribution in [0, 0.1) is 0 Å². The van der Waals surface area contributed by atoms with Crippen LogP contribution in [0.15, 0.2) is 48.6 Å². The fraction of sp³-hybridized carbons (Fsp3) is 0.771. The number of allylic oxidation sites excluding steroid dienone is 8. The average Bonchev–Trinajstić information content (AvgIpc) is 3.15. The molecule has 0 radical (unpaired) electrons. The molecule has 8 heteroatoms. The second kappa shape index (κ2) is 39.1. The summed E-state index contributed by atoms with van der Waals surface area (Å²) in [5.41, 5.74) is 0. The fourth-order valence-corrected chi connectivity index (χ4v) is 6.44. The number of hydrogen-bond donors (Lipinski definition) is 0. The highest BCUT2D eigenvalue weighted by Crippen LogP contribution is 2.14. The van der Waals surface area contributed by atoms with Crippen LogP contribution in [-0.4, -0.2) is 75.5 Å². The average molecular weight is 788 g/mol. The number of likely N-dealkylation sites (N-methyl/N-ethyl adjacent to an activating group) is 1. The van der Waals surface area contributed by atoms with Gasteiger partial charge >= 0.3 is 11.9 Å². The van der Waals surface area contributed by atoms with E-state index < -0.39 is 18.1 Å². The number of rotatable bonds is 40. The van der Waals surface area contributed by atoms with E-state index in [0.717, 1.165) is 44.9 Å². The van der Waals surface area contributed by atoms with Gasteiger partial charge in [-0.3, -0.25) is 9.59 Å². The Kier molecular flexibility index (Phi) is 37.2. The molecule has 0 spiro atoms. The Morgan fingerprint density at radius 1 is 0.554 bits per heavy atom. The lowest BCUT2D eigenvalue weighted by Gasteiger charge is -2.34. The van der Waals surface area contributed by atoms with Crippen molar-refractivity contribution >= 4 is 17.9 Å². The largest absolute Gasteiger partial charge is 0.544 e. The van der Waals surface area contributed by atoms with Crippen molar-refractivity contribution in [3.8, 4) is 0 Å². The molecule has 56 heavy (non-hydrogen) atoms. The number of ether oxygens (including phenoxy) is 3. The lowest BCUT2D eigenvalue weighted by Crippen LogP contribution is -2.55. The van der Waals surface area contributed by atoms with Crippen LogP contribution in [0.3, 0.4) is 0 Å². The molecular formula is C48H85NO7. The Morgan fingerprint density at radius 2 is 1.02 bits per heavy atom. The standard InChI is InChI=1S/C48H85NO7/c1-6-8-10-12-14-16-18-19-20-21-22-23-24-25-26-27-29-30-32-34-36-38-46(50)55-43-44(42-54-41-40-45(48(52)53)49(3,4)5)56-47(51)39-37-35-33-31-28-17-15-13-11-9-7-2/h9,11,15,17,23-24,31,33,44-45H,6-8,10,12-14,16,18-22,25-30,32,34-43H2,1-5H3/b11-9+,17-15+,24-23+,33-31+. The van der Waals surface area contributed by atoms with E-state index in [0.29, 0.717) is 12.8 Å². The van der Waals surface area contributed by atoms with Gasteiger partial charge in [-0.2, -0.15) is 0 Å². The van der Waals surface area contributed by atoms with E-state index in [4.69, 9.17) is 14.2 Å². The zero-order valence-electron chi connectivity index (χ0n) is 36.8. The van der Waals surface area contributed by atoms with E-state index in [-0.39, 0.29) is 49.1 Å². The number of carboxylic acids is 1. The zero-order chi connectivity index (χ0) is 41.4. The molecule has 0 aromatic rings. The first-order chi connectivity index (χ1) is 27.1. The molecule has 2 atom stereocenters. The third kappa shape index (κ3) is 36.9. The Morgan fingerprint density at radius 3 is 1.55 bits per heavy atom. The van der Waals surface area contributed by atoms with Gasteiger partial charge in [-0.25, -0.2) is 0 Å². The summed E-state index contributed by atoms with van der Waals surface area (Å²) in [5.74, 6) is -1.81. The molecule has 0 N–H and O–H groups in total. The van der Waals surface area contributed by atoms with Crippen LogP contribution < -0.4 is 5.11 Å². The van der Waals surface area contributed by atoms with E-state index in [9.17, 15) is 19.5 Å². The van der Waals surface area contributed by atoms with Gasteiger partial charge in [-0.05, 0) is 64.2 Å². The minimum Gasteiger partial charge on any atom is -0.544 e. The maximum absolute atomic E-state index is 12.6. The molecule has 0 aliphatic carbocycles. The van der Waals surface area contributed by atoms with E-state index in [2.05, 4.69) is 62.5 Å². The number of hydrogen-bond acceptors (Lipinski definition) is 7. The minimum atomic E-state index is -1.13. The fourth-order valence-electron chi connectivity index (χ4n) is 6.44. The van der Waals surface area contributed by atoms with Crippen LogP contribution >= 0.6 is 0 Å². The molecule has 0 fully saturated rings. The Bertz CT molecular complexity index is 1060. The predicted molar refractivity (Wildman–Crippen MR) is 231 cm³/mol. The highest BCUT2D eigenvalue weighted by Gasteiger charge is 2.25. The smallest absolute Gasteiger partial charge is 0.306 e. The molecular weight excluding hydrogens is 703 g/mol. The Labute approximate surface area is 344 Å². The van der Waals surface area contributed by atoms with Crippen molar-refractivity contribution in [1.82, 2.24) is 0 Å². The molecule has 0 aliphatic rings. The van der Waals surface area contributed by atoms with Gasteiger partial charge in [-0.15, -0.1) is 0 Å². The number of quaternary nitrogens is 1. The van der Waals surface area contributed by atoms with Crippen molar-refractivity contribution < 1.29 is 38.2 Å². The van der Waals surface area contributed by atoms with Crippen molar-refractivity contribution in [3.63, 3.8) is 0 Å². The first-order valence-corrected chi connectivity index (χ1v) is 22.7. The van der Waals surface area contributed by atoms with Crippen LogP contribution in [0.1, 0.15) is 187 Å². The predicted octanol–water partition coefficient (Wildman–Crippen LogP) is 11.1. The molecule has 0 saturated heterocycles. The quantitative estimate of drug-likeness (QED) is 0.0264. The van der Waals surface area contributed by atoms with Gasteiger partial charge in [0.2, 0.25) is 0 Å². The third-order valence-electron chi connectivity index (χ3n) is 9.95. The number of carbonyl (C=O) groups excluding carboxylic acids is 3. The van der Waals surface area contributed by atoms with Gasteiger partial charge in [0.15, 0.2) is 6.10 Å². The van der Waals surface area contributed by atoms with Crippen LogP contribution in [-0.2, 0) is 28.6 Å². The molecule has 0 bridgehead atoms. The van der Waals surface area contributed by atoms with E-state index in [1.807, 2.05) is 0 Å². The summed E-state index contributed by atoms with van der Waals surface area (Å²) < 4.78 is 17.1. The lowest BCUT2D eigenvalue weighted by atomic mass is 10.1. The van der Waals surface area contributed by atoms with Gasteiger partial charge in [0, 0.05) is 19.3 Å². The topological polar surface area (TPSA) is 102 Å². The first-order valence-electron chi connectivity index (χ1n) is 22.7. The van der Waals surface area contributed by atoms with Gasteiger partial charge in [0.25, 0.3) is 0 Å². The van der Waals surface area contributed by atoms with E-state index in [1.54, 1.807) is 21.1 Å². The highest BCUT2D eigenvalue weighted by molar-refractivity contribution is 5.70. The van der Waals surface area contributed by atoms with Gasteiger partial charge in [0.05, 0.1) is 40.3 Å². The van der Waals surface area contributed by atoms with Crippen LogP contribution in [0.25, 0.3) is 0 Å². The van der Waals surface area contributed by atoms with Crippen molar-refractivity contribution in [2.45, 2.75) is 199 Å². The van der Waals surface area contributed by atoms with Crippen molar-refractivity contribution in [2.24, 2.45) is 0 Å². The number of carboxylic acid groups (broad SMARTS) is 1. The highest BCUT2D eigenvalue weighted by atomic mass is 16.6. The molecule has 0 heterocycles. The minimum absolute atomic E-state index is 0.0186. The molecule has 324 valence electrons. The summed E-state index contributed by atoms with van der Waals surface area (Å²) in [6, 6.07) is -0.735. The molecule has 0 aromatic heterocycles. The Hall–Kier alpha value is -2.71. The van der Waals surface area contributed by atoms with E-state index in [1.165, 1.54) is 103 Å². The van der Waals surface area contributed by atoms with E-state index >= 15 is 0 Å². The van der Waals surface area contributed by atoms with Crippen LogP contribution in [0.4, 0.5) is 0 Å². The van der Waals surface area contributed by atoms with Gasteiger partial charge in [-0.1, -0.05) is 152 Å². The zero-order valence-corrected chi connectivity index (χ0v) is 36.8. The number of unbranched alkanes of at least 4 members (excludes halogenated alkanes) is 18. The normalized spacial score (nSPS) is 13.4. The van der Waals surface area contributed by atoms with Gasteiger partial charge in [0.1, 0.15) is 12.6 Å². The molecule has 8 nitrogen and oxygen atoms in total. The molecule has 0 aromatic carbocycles. The molecule has 0 rings (SSSR count). The monoisotopic (exact) mass is 788 g/mol. The summed E-state index contributed by atoms with van der Waals surface area (Å²) >= 11 is 0. The molecule has 0 amide bonds. The molecule has 0 aliphatic heterocycles. The second-order valence-corrected chi connectivity index (χ2v) is 16.3. The van der Waals surface area contributed by atoms with Gasteiger partial charge < -0.3 is 28.6 Å². The number of carbonyl (C=O) groups is 3. The molecule has 0 saturated carbocycles. The number of esters is 2. The summed E-state index contributed by atoms with van der Waals surface area (Å²) in [6.07, 6.45) is 45.9. The lowest BCUT2D eigenvalue weighted by molar-refractivity contribution is -0.889. The van der Waals surface area contributed by atoms with Crippen LogP contribution in [0.5, 0.6) is 0 Å². The SMILES string of the molecule is CC/C=C/C/C=C/C/C=C/CCCC(=O)OC(COCCC(C(=O)[O-])[N+](C)(C)C)COC(=O)CCCCCCCCC/C=C/CCCCCCCCCCCC. The number of nitrogens with zero attached hydrogens (tertiary/aromatic N) is 1. The first kappa shape index (κ1) is 53.3. The summed E-state index contributed by atoms with van der Waals surface area (Å²) in [7, 11) is 5.38. The summed E-state index contributed by atoms with van der Waals surface area (Å²) in [5, 5.41) is 11.6. The summed E-state index contributed by atoms with van der Waals surface area (Å²) in [4.78, 5) is 36.8. The maximum Gasteiger partial charge on any atom is 0.306 e. The molecule has 2 unspecified atom stereocenters. The second-order valence-electron chi connectivity index (χ2n) is 16.3. The van der Waals surface area contributed by atoms with Crippen molar-refractivity contribution in [3.05, 3.63) is 48.6 Å². The van der Waals surface area contributed by atoms with Crippen molar-refractivity contribution in [2.75, 3.05) is 41.0 Å². The third-order valence-corrected chi connectivity index (χ3v) is 9.95. The van der Waals surface area contributed by atoms with Crippen molar-refractivity contribution in [1.29, 1.82) is 0 Å². The van der Waals surface area contributed by atoms with Crippen LogP contribution in [0.2, 0.25) is 0 Å². The summed E-state index contributed by atoms with van der Waals surface area (Å²) in [6.45, 7) is 4.48.